The quantitative estimate of drug-likeness (QED) is 0.419. The van der Waals surface area contributed by atoms with Crippen LogP contribution in [0, 0.1) is 0 Å². The largest absolute Gasteiger partial charge is 0.496 e. The SMILES string of the molecule is COc1cc(OC)c(C(=O)C=Cc2cccc(Cl)c2)cc1SC. The molecule has 0 aliphatic heterocycles. The molecule has 23 heavy (non-hydrogen) atoms. The molecule has 2 aromatic carbocycles. The van der Waals surface area contributed by atoms with Crippen LogP contribution in [-0.4, -0.2) is 26.3 Å². The first kappa shape index (κ1) is 17.4. The third kappa shape index (κ3) is 4.30. The molecule has 0 saturated heterocycles. The average molecular weight is 349 g/mol. The van der Waals surface area contributed by atoms with Gasteiger partial charge >= 0.3 is 0 Å². The van der Waals surface area contributed by atoms with Crippen molar-refractivity contribution in [1.82, 2.24) is 0 Å². The van der Waals surface area contributed by atoms with Crippen LogP contribution in [0.5, 0.6) is 11.5 Å². The molecule has 0 aromatic heterocycles. The van der Waals surface area contributed by atoms with Gasteiger partial charge in [0.25, 0.3) is 0 Å². The van der Waals surface area contributed by atoms with E-state index in [4.69, 9.17) is 21.1 Å². The fourth-order valence-electron chi connectivity index (χ4n) is 2.09. The Morgan fingerprint density at radius 1 is 1.13 bits per heavy atom. The van der Waals surface area contributed by atoms with Crippen molar-refractivity contribution in [3.05, 3.63) is 58.6 Å². The minimum atomic E-state index is -0.139. The number of halogens is 1. The predicted molar refractivity (Wildman–Crippen MR) is 96.1 cm³/mol. The zero-order valence-electron chi connectivity index (χ0n) is 13.1. The zero-order chi connectivity index (χ0) is 16.8. The van der Waals surface area contributed by atoms with Gasteiger partial charge in [0.15, 0.2) is 5.78 Å². The van der Waals surface area contributed by atoms with E-state index in [1.165, 1.54) is 24.9 Å². The predicted octanol–water partition coefficient (Wildman–Crippen LogP) is 4.98. The summed E-state index contributed by atoms with van der Waals surface area (Å²) in [7, 11) is 3.13. The van der Waals surface area contributed by atoms with Gasteiger partial charge in [0.2, 0.25) is 0 Å². The molecule has 120 valence electrons. The highest BCUT2D eigenvalue weighted by Gasteiger charge is 2.15. The van der Waals surface area contributed by atoms with Crippen molar-refractivity contribution in [3.63, 3.8) is 0 Å². The average Bonchev–Trinajstić information content (AvgIpc) is 2.58. The van der Waals surface area contributed by atoms with Crippen molar-refractivity contribution in [2.45, 2.75) is 4.90 Å². The van der Waals surface area contributed by atoms with Crippen LogP contribution in [0.15, 0.2) is 47.4 Å². The van der Waals surface area contributed by atoms with Crippen molar-refractivity contribution >= 4 is 35.2 Å². The van der Waals surface area contributed by atoms with E-state index in [2.05, 4.69) is 0 Å². The molecule has 5 heteroatoms. The Balaban J connectivity index is 2.34. The van der Waals surface area contributed by atoms with E-state index in [9.17, 15) is 4.79 Å². The maximum atomic E-state index is 12.5. The molecule has 0 aliphatic rings. The second-order valence-electron chi connectivity index (χ2n) is 4.66. The lowest BCUT2D eigenvalue weighted by atomic mass is 10.1. The summed E-state index contributed by atoms with van der Waals surface area (Å²) in [6, 6.07) is 10.8. The highest BCUT2D eigenvalue weighted by Crippen LogP contribution is 2.34. The van der Waals surface area contributed by atoms with Crippen molar-refractivity contribution in [2.24, 2.45) is 0 Å². The minimum absolute atomic E-state index is 0.139. The Hall–Kier alpha value is -1.91. The summed E-state index contributed by atoms with van der Waals surface area (Å²) in [6.07, 6.45) is 5.18. The first-order chi connectivity index (χ1) is 11.1. The van der Waals surface area contributed by atoms with Gasteiger partial charge in [-0.25, -0.2) is 0 Å². The van der Waals surface area contributed by atoms with Crippen molar-refractivity contribution in [3.8, 4) is 11.5 Å². The standard InChI is InChI=1S/C18H17ClO3S/c1-21-16-11-17(22-2)18(23-3)10-14(16)15(20)8-7-12-5-4-6-13(19)9-12/h4-11H,1-3H3. The molecule has 0 N–H and O–H groups in total. The Bertz CT molecular complexity index is 741. The second kappa shape index (κ2) is 8.09. The summed E-state index contributed by atoms with van der Waals surface area (Å²) in [5, 5.41) is 0.631. The maximum Gasteiger partial charge on any atom is 0.189 e. The number of rotatable bonds is 6. The molecule has 0 unspecified atom stereocenters. The van der Waals surface area contributed by atoms with E-state index in [0.717, 1.165) is 10.5 Å². The van der Waals surface area contributed by atoms with Crippen LogP contribution in [0.1, 0.15) is 15.9 Å². The van der Waals surface area contributed by atoms with E-state index >= 15 is 0 Å². The van der Waals surface area contributed by atoms with Gasteiger partial charge in [-0.05, 0) is 36.1 Å². The van der Waals surface area contributed by atoms with E-state index in [0.29, 0.717) is 22.1 Å². The van der Waals surface area contributed by atoms with Crippen LogP contribution < -0.4 is 9.47 Å². The lowest BCUT2D eigenvalue weighted by Gasteiger charge is -2.12. The van der Waals surface area contributed by atoms with Crippen molar-refractivity contribution < 1.29 is 14.3 Å². The van der Waals surface area contributed by atoms with Gasteiger partial charge in [-0.1, -0.05) is 29.8 Å². The fraction of sp³-hybridized carbons (Fsp3) is 0.167. The lowest BCUT2D eigenvalue weighted by molar-refractivity contribution is 0.104. The van der Waals surface area contributed by atoms with Crippen molar-refractivity contribution in [2.75, 3.05) is 20.5 Å². The van der Waals surface area contributed by atoms with Crippen LogP contribution in [0.2, 0.25) is 5.02 Å². The first-order valence-electron chi connectivity index (χ1n) is 6.87. The van der Waals surface area contributed by atoms with Crippen molar-refractivity contribution in [1.29, 1.82) is 0 Å². The molecule has 0 bridgehead atoms. The third-order valence-electron chi connectivity index (χ3n) is 3.25. The number of thioether (sulfide) groups is 1. The number of hydrogen-bond donors (Lipinski definition) is 0. The molecule has 2 rings (SSSR count). The smallest absolute Gasteiger partial charge is 0.189 e. The zero-order valence-corrected chi connectivity index (χ0v) is 14.7. The molecule has 0 aliphatic carbocycles. The lowest BCUT2D eigenvalue weighted by Crippen LogP contribution is -2.01. The van der Waals surface area contributed by atoms with Gasteiger partial charge in [0, 0.05) is 11.1 Å². The van der Waals surface area contributed by atoms with E-state index in [1.54, 1.807) is 37.5 Å². The molecule has 0 fully saturated rings. The summed E-state index contributed by atoms with van der Waals surface area (Å²) in [5.41, 5.74) is 1.36. The van der Waals surface area contributed by atoms with E-state index in [-0.39, 0.29) is 5.78 Å². The van der Waals surface area contributed by atoms with Crippen LogP contribution in [-0.2, 0) is 0 Å². The first-order valence-corrected chi connectivity index (χ1v) is 8.47. The van der Waals surface area contributed by atoms with Crippen LogP contribution in [0.25, 0.3) is 6.08 Å². The Morgan fingerprint density at radius 2 is 1.87 bits per heavy atom. The molecule has 0 radical (unpaired) electrons. The molecule has 0 spiro atoms. The Kier molecular flexibility index (Phi) is 6.13. The molecular weight excluding hydrogens is 332 g/mol. The van der Waals surface area contributed by atoms with Gasteiger partial charge in [0.05, 0.1) is 24.7 Å². The summed E-state index contributed by atoms with van der Waals surface area (Å²) >= 11 is 7.46. The number of hydrogen-bond acceptors (Lipinski definition) is 4. The number of ether oxygens (including phenoxy) is 2. The highest BCUT2D eigenvalue weighted by atomic mass is 35.5. The second-order valence-corrected chi connectivity index (χ2v) is 5.94. The molecule has 0 heterocycles. The topological polar surface area (TPSA) is 35.5 Å². The van der Waals surface area contributed by atoms with E-state index < -0.39 is 0 Å². The summed E-state index contributed by atoms with van der Waals surface area (Å²) < 4.78 is 10.6. The molecule has 3 nitrogen and oxygen atoms in total. The molecule has 0 atom stereocenters. The third-order valence-corrected chi connectivity index (χ3v) is 4.24. The van der Waals surface area contributed by atoms with E-state index in [1.807, 2.05) is 18.4 Å². The van der Waals surface area contributed by atoms with Gasteiger partial charge < -0.3 is 9.47 Å². The van der Waals surface area contributed by atoms with Crippen LogP contribution in [0.3, 0.4) is 0 Å². The number of carbonyl (C=O) groups is 1. The summed E-state index contributed by atoms with van der Waals surface area (Å²) in [6.45, 7) is 0. The number of allylic oxidation sites excluding steroid dienone is 1. The number of carbonyl (C=O) groups excluding carboxylic acids is 1. The van der Waals surface area contributed by atoms with Crippen LogP contribution >= 0.6 is 23.4 Å². The Morgan fingerprint density at radius 3 is 2.48 bits per heavy atom. The fourth-order valence-corrected chi connectivity index (χ4v) is 2.87. The van der Waals surface area contributed by atoms with Gasteiger partial charge in [-0.15, -0.1) is 11.8 Å². The normalized spacial score (nSPS) is 10.8. The van der Waals surface area contributed by atoms with Gasteiger partial charge in [-0.2, -0.15) is 0 Å². The monoisotopic (exact) mass is 348 g/mol. The number of ketones is 1. The molecule has 0 saturated carbocycles. The van der Waals surface area contributed by atoms with Gasteiger partial charge in [-0.3, -0.25) is 4.79 Å². The molecular formula is C18H17ClO3S. The Labute approximate surface area is 145 Å². The highest BCUT2D eigenvalue weighted by molar-refractivity contribution is 7.98. The minimum Gasteiger partial charge on any atom is -0.496 e. The molecule has 0 amide bonds. The van der Waals surface area contributed by atoms with Crippen LogP contribution in [0.4, 0.5) is 0 Å². The maximum absolute atomic E-state index is 12.5. The summed E-state index contributed by atoms with van der Waals surface area (Å²) in [4.78, 5) is 13.4. The number of methoxy groups -OCH3 is 2. The molecule has 2 aromatic rings. The van der Waals surface area contributed by atoms with Gasteiger partial charge in [0.1, 0.15) is 11.5 Å². The number of benzene rings is 2. The summed E-state index contributed by atoms with van der Waals surface area (Å²) in [5.74, 6) is 1.03.